The summed E-state index contributed by atoms with van der Waals surface area (Å²) in [5.41, 5.74) is 0.923. The topological polar surface area (TPSA) is 104 Å². The summed E-state index contributed by atoms with van der Waals surface area (Å²) >= 11 is 7.21. The van der Waals surface area contributed by atoms with Gasteiger partial charge in [-0.15, -0.1) is 11.8 Å². The molecule has 1 aliphatic heterocycles. The van der Waals surface area contributed by atoms with E-state index in [-0.39, 0.29) is 18.2 Å². The highest BCUT2D eigenvalue weighted by molar-refractivity contribution is 8.00. The molecule has 0 radical (unpaired) electrons. The highest BCUT2D eigenvalue weighted by atomic mass is 35.5. The Bertz CT molecular complexity index is 1010. The van der Waals surface area contributed by atoms with Crippen LogP contribution in [0, 0.1) is 0 Å². The van der Waals surface area contributed by atoms with E-state index in [2.05, 4.69) is 5.32 Å². The third-order valence-electron chi connectivity index (χ3n) is 3.95. The van der Waals surface area contributed by atoms with Gasteiger partial charge in [-0.1, -0.05) is 17.7 Å². The van der Waals surface area contributed by atoms with Gasteiger partial charge < -0.3 is 10.4 Å². The molecule has 0 aromatic heterocycles. The zero-order chi connectivity index (χ0) is 21.0. The van der Waals surface area contributed by atoms with Crippen LogP contribution in [0.4, 0.5) is 11.4 Å². The van der Waals surface area contributed by atoms with Crippen LogP contribution in [0.2, 0.25) is 5.02 Å². The SMILES string of the molecule is O=C(O)/C=C/C(=O)Nc1ccc(S[C@@H]2CC(=O)N(c3cccc(Cl)c3)C2=O)cc1. The molecule has 0 spiro atoms. The number of nitrogens with one attached hydrogen (secondary N) is 1. The molecule has 0 saturated carbocycles. The van der Waals surface area contributed by atoms with Crippen molar-refractivity contribution in [2.24, 2.45) is 0 Å². The number of carboxylic acids is 1. The summed E-state index contributed by atoms with van der Waals surface area (Å²) in [5.74, 6) is -2.38. The number of thioether (sulfide) groups is 1. The molecule has 0 bridgehead atoms. The van der Waals surface area contributed by atoms with Gasteiger partial charge in [0.1, 0.15) is 0 Å². The normalized spacial score (nSPS) is 16.4. The van der Waals surface area contributed by atoms with Gasteiger partial charge in [0.15, 0.2) is 0 Å². The largest absolute Gasteiger partial charge is 0.478 e. The van der Waals surface area contributed by atoms with Gasteiger partial charge in [0.2, 0.25) is 17.7 Å². The number of carbonyl (C=O) groups excluding carboxylic acids is 3. The van der Waals surface area contributed by atoms with Crippen LogP contribution in [0.5, 0.6) is 0 Å². The monoisotopic (exact) mass is 430 g/mol. The Labute approximate surface area is 175 Å². The first-order chi connectivity index (χ1) is 13.8. The highest BCUT2D eigenvalue weighted by Gasteiger charge is 2.40. The summed E-state index contributed by atoms with van der Waals surface area (Å²) in [6.07, 6.45) is 1.74. The Morgan fingerprint density at radius 3 is 2.52 bits per heavy atom. The van der Waals surface area contributed by atoms with Crippen LogP contribution in [0.25, 0.3) is 0 Å². The maximum absolute atomic E-state index is 12.7. The van der Waals surface area contributed by atoms with Crippen LogP contribution in [-0.2, 0) is 19.2 Å². The lowest BCUT2D eigenvalue weighted by atomic mass is 10.3. The van der Waals surface area contributed by atoms with Crippen molar-refractivity contribution in [3.05, 3.63) is 65.7 Å². The third-order valence-corrected chi connectivity index (χ3v) is 5.38. The number of carboxylic acid groups (broad SMARTS) is 1. The number of amides is 3. The first kappa shape index (κ1) is 20.6. The first-order valence-electron chi connectivity index (χ1n) is 8.44. The molecule has 2 aromatic carbocycles. The van der Waals surface area contributed by atoms with Crippen molar-refractivity contribution in [2.45, 2.75) is 16.6 Å². The Hall–Kier alpha value is -3.10. The molecule has 1 aliphatic rings. The molecular formula is C20H15ClN2O5S. The molecule has 0 unspecified atom stereocenters. The van der Waals surface area contributed by atoms with Crippen LogP contribution in [0.1, 0.15) is 6.42 Å². The van der Waals surface area contributed by atoms with E-state index in [0.717, 1.165) is 21.9 Å². The second-order valence-electron chi connectivity index (χ2n) is 6.04. The van der Waals surface area contributed by atoms with Gasteiger partial charge in [-0.25, -0.2) is 9.69 Å². The quantitative estimate of drug-likeness (QED) is 0.538. The van der Waals surface area contributed by atoms with E-state index in [0.29, 0.717) is 16.4 Å². The predicted molar refractivity (Wildman–Crippen MR) is 110 cm³/mol. The van der Waals surface area contributed by atoms with E-state index in [9.17, 15) is 19.2 Å². The summed E-state index contributed by atoms with van der Waals surface area (Å²) in [6, 6.07) is 13.3. The number of halogens is 1. The molecule has 1 fully saturated rings. The van der Waals surface area contributed by atoms with E-state index in [1.807, 2.05) is 0 Å². The maximum Gasteiger partial charge on any atom is 0.328 e. The van der Waals surface area contributed by atoms with Gasteiger partial charge in [-0.05, 0) is 42.5 Å². The smallest absolute Gasteiger partial charge is 0.328 e. The Balaban J connectivity index is 1.64. The molecule has 9 heteroatoms. The molecule has 7 nitrogen and oxygen atoms in total. The minimum atomic E-state index is -1.21. The minimum Gasteiger partial charge on any atom is -0.478 e. The maximum atomic E-state index is 12.7. The fourth-order valence-corrected chi connectivity index (χ4v) is 3.93. The number of hydrogen-bond acceptors (Lipinski definition) is 5. The van der Waals surface area contributed by atoms with Gasteiger partial charge in [0.05, 0.1) is 10.9 Å². The molecule has 3 amide bonds. The van der Waals surface area contributed by atoms with E-state index in [1.54, 1.807) is 48.5 Å². The second-order valence-corrected chi connectivity index (χ2v) is 7.76. The molecule has 1 heterocycles. The minimum absolute atomic E-state index is 0.0779. The van der Waals surface area contributed by atoms with Gasteiger partial charge >= 0.3 is 5.97 Å². The first-order valence-corrected chi connectivity index (χ1v) is 9.70. The average Bonchev–Trinajstić information content (AvgIpc) is 2.95. The Morgan fingerprint density at radius 2 is 1.86 bits per heavy atom. The standard InChI is InChI=1S/C20H15ClN2O5S/c21-12-2-1-3-14(10-12)23-18(25)11-16(20(23)28)29-15-6-4-13(5-7-15)22-17(24)8-9-19(26)27/h1-10,16H,11H2,(H,22,24)(H,26,27)/b9-8+/t16-/m1/s1. The van der Waals surface area contributed by atoms with Crippen molar-refractivity contribution >= 4 is 58.4 Å². The van der Waals surface area contributed by atoms with Crippen LogP contribution >= 0.6 is 23.4 Å². The summed E-state index contributed by atoms with van der Waals surface area (Å²) in [5, 5.41) is 10.9. The van der Waals surface area contributed by atoms with Crippen molar-refractivity contribution in [3.8, 4) is 0 Å². The van der Waals surface area contributed by atoms with Crippen LogP contribution in [0.3, 0.4) is 0 Å². The number of carbonyl (C=O) groups is 4. The molecule has 1 atom stereocenters. The van der Waals surface area contributed by atoms with Crippen LogP contribution in [-0.4, -0.2) is 34.0 Å². The Morgan fingerprint density at radius 1 is 1.14 bits per heavy atom. The molecule has 0 aliphatic carbocycles. The number of anilines is 2. The van der Waals surface area contributed by atoms with E-state index >= 15 is 0 Å². The molecule has 3 rings (SSSR count). The van der Waals surface area contributed by atoms with E-state index < -0.39 is 17.1 Å². The molecule has 2 N–H and O–H groups in total. The summed E-state index contributed by atoms with van der Waals surface area (Å²) in [6.45, 7) is 0. The summed E-state index contributed by atoms with van der Waals surface area (Å²) in [4.78, 5) is 48.9. The second kappa shape index (κ2) is 8.93. The molecular weight excluding hydrogens is 416 g/mol. The third kappa shape index (κ3) is 5.24. The van der Waals surface area contributed by atoms with Gasteiger partial charge in [-0.2, -0.15) is 0 Å². The van der Waals surface area contributed by atoms with E-state index in [4.69, 9.17) is 16.7 Å². The predicted octanol–water partition coefficient (Wildman–Crippen LogP) is 3.34. The van der Waals surface area contributed by atoms with Crippen LogP contribution < -0.4 is 10.2 Å². The lowest BCUT2D eigenvalue weighted by Crippen LogP contribution is -2.31. The molecule has 148 valence electrons. The van der Waals surface area contributed by atoms with Gasteiger partial charge in [0.25, 0.3) is 0 Å². The number of hydrogen-bond donors (Lipinski definition) is 2. The van der Waals surface area contributed by atoms with Crippen molar-refractivity contribution in [1.82, 2.24) is 0 Å². The van der Waals surface area contributed by atoms with E-state index in [1.165, 1.54) is 11.8 Å². The molecule has 1 saturated heterocycles. The highest BCUT2D eigenvalue weighted by Crippen LogP contribution is 2.34. The lowest BCUT2D eigenvalue weighted by Gasteiger charge is -2.15. The zero-order valence-electron chi connectivity index (χ0n) is 14.9. The fourth-order valence-electron chi connectivity index (χ4n) is 2.69. The van der Waals surface area contributed by atoms with Crippen molar-refractivity contribution in [3.63, 3.8) is 0 Å². The lowest BCUT2D eigenvalue weighted by molar-refractivity contribution is -0.131. The van der Waals surface area contributed by atoms with Crippen molar-refractivity contribution in [2.75, 3.05) is 10.2 Å². The fraction of sp³-hybridized carbons (Fsp3) is 0.100. The number of rotatable bonds is 6. The van der Waals surface area contributed by atoms with Crippen molar-refractivity contribution < 1.29 is 24.3 Å². The number of nitrogens with zero attached hydrogens (tertiary/aromatic N) is 1. The van der Waals surface area contributed by atoms with Gasteiger partial charge in [0, 0.05) is 34.2 Å². The number of imide groups is 1. The average molecular weight is 431 g/mol. The van der Waals surface area contributed by atoms with Gasteiger partial charge in [-0.3, -0.25) is 14.4 Å². The number of benzene rings is 2. The summed E-state index contributed by atoms with van der Waals surface area (Å²) in [7, 11) is 0. The Kier molecular flexibility index (Phi) is 6.36. The molecule has 2 aromatic rings. The van der Waals surface area contributed by atoms with Crippen molar-refractivity contribution in [1.29, 1.82) is 0 Å². The zero-order valence-corrected chi connectivity index (χ0v) is 16.4. The summed E-state index contributed by atoms with van der Waals surface area (Å²) < 4.78 is 0. The van der Waals surface area contributed by atoms with Crippen LogP contribution in [0.15, 0.2) is 65.6 Å². The molecule has 29 heavy (non-hydrogen) atoms. The number of aliphatic carboxylic acids is 1.